The molecule has 0 spiro atoms. The first kappa shape index (κ1) is 8.51. The summed E-state index contributed by atoms with van der Waals surface area (Å²) in [5.41, 5.74) is 0. The molecule has 2 heterocycles. The summed E-state index contributed by atoms with van der Waals surface area (Å²) in [6.45, 7) is 0. The maximum atomic E-state index is 11.3. The molecule has 2 fully saturated rings. The van der Waals surface area contributed by atoms with Crippen LogP contribution in [-0.2, 0) is 9.84 Å². The van der Waals surface area contributed by atoms with Crippen molar-refractivity contribution in [1.82, 2.24) is 5.32 Å². The molecule has 1 N–H and O–H groups in total. The van der Waals surface area contributed by atoms with Gasteiger partial charge in [-0.25, -0.2) is 8.42 Å². The molecule has 0 unspecified atom stereocenters. The predicted octanol–water partition coefficient (Wildman–Crippen LogP) is 0.314. The van der Waals surface area contributed by atoms with Crippen LogP contribution in [-0.4, -0.2) is 32.0 Å². The SMILES string of the molecule is CS(=O)(=O)C1C[C@H]2CC[C@H](C1)N2. The average molecular weight is 189 g/mol. The van der Waals surface area contributed by atoms with Gasteiger partial charge in [-0.15, -0.1) is 0 Å². The van der Waals surface area contributed by atoms with E-state index in [1.807, 2.05) is 0 Å². The third-order valence-electron chi connectivity index (χ3n) is 3.04. The summed E-state index contributed by atoms with van der Waals surface area (Å²) in [4.78, 5) is 0. The maximum Gasteiger partial charge on any atom is 0.150 e. The molecule has 0 saturated carbocycles. The quantitative estimate of drug-likeness (QED) is 0.646. The summed E-state index contributed by atoms with van der Waals surface area (Å²) in [5, 5.41) is 3.35. The Kier molecular flexibility index (Phi) is 1.92. The van der Waals surface area contributed by atoms with Crippen molar-refractivity contribution in [2.45, 2.75) is 43.0 Å². The fourth-order valence-electron chi connectivity index (χ4n) is 2.35. The fourth-order valence-corrected chi connectivity index (χ4v) is 3.52. The zero-order chi connectivity index (χ0) is 8.77. The van der Waals surface area contributed by atoms with Crippen LogP contribution in [0.15, 0.2) is 0 Å². The van der Waals surface area contributed by atoms with Crippen molar-refractivity contribution in [1.29, 1.82) is 0 Å². The lowest BCUT2D eigenvalue weighted by Crippen LogP contribution is -2.43. The van der Waals surface area contributed by atoms with Crippen molar-refractivity contribution in [3.8, 4) is 0 Å². The smallest absolute Gasteiger partial charge is 0.150 e. The molecule has 0 amide bonds. The highest BCUT2D eigenvalue weighted by molar-refractivity contribution is 7.91. The van der Waals surface area contributed by atoms with Crippen LogP contribution in [0.4, 0.5) is 0 Å². The first-order chi connectivity index (χ1) is 5.55. The Morgan fingerprint density at radius 2 is 1.67 bits per heavy atom. The second-order valence-electron chi connectivity index (χ2n) is 4.06. The van der Waals surface area contributed by atoms with E-state index in [9.17, 15) is 8.42 Å². The minimum Gasteiger partial charge on any atom is -0.311 e. The topological polar surface area (TPSA) is 46.2 Å². The Bertz CT molecular complexity index is 261. The third kappa shape index (κ3) is 1.50. The minimum absolute atomic E-state index is 0.0729. The lowest BCUT2D eigenvalue weighted by atomic mass is 10.1. The van der Waals surface area contributed by atoms with E-state index in [2.05, 4.69) is 5.32 Å². The molecule has 2 atom stereocenters. The van der Waals surface area contributed by atoms with E-state index >= 15 is 0 Å². The molecule has 2 rings (SSSR count). The number of piperidine rings is 1. The minimum atomic E-state index is -2.79. The van der Waals surface area contributed by atoms with E-state index in [1.54, 1.807) is 0 Å². The van der Waals surface area contributed by atoms with Crippen molar-refractivity contribution >= 4 is 9.84 Å². The average Bonchev–Trinajstić information content (AvgIpc) is 2.28. The van der Waals surface area contributed by atoms with Gasteiger partial charge in [-0.2, -0.15) is 0 Å². The van der Waals surface area contributed by atoms with Crippen molar-refractivity contribution in [2.75, 3.05) is 6.26 Å². The standard InChI is InChI=1S/C8H15NO2S/c1-12(10,11)8-4-6-2-3-7(5-8)9-6/h6-9H,2-5H2,1H3/t6-,7-/m1/s1. The van der Waals surface area contributed by atoms with E-state index in [4.69, 9.17) is 0 Å². The van der Waals surface area contributed by atoms with Gasteiger partial charge in [0.1, 0.15) is 9.84 Å². The monoisotopic (exact) mass is 189 g/mol. The first-order valence-electron chi connectivity index (χ1n) is 4.50. The molecule has 2 aliphatic heterocycles. The molecule has 0 aromatic rings. The molecule has 12 heavy (non-hydrogen) atoms. The molecule has 4 heteroatoms. The van der Waals surface area contributed by atoms with E-state index in [0.29, 0.717) is 12.1 Å². The van der Waals surface area contributed by atoms with Crippen LogP contribution in [0.3, 0.4) is 0 Å². The van der Waals surface area contributed by atoms with Gasteiger partial charge in [0, 0.05) is 18.3 Å². The Balaban J connectivity index is 2.13. The van der Waals surface area contributed by atoms with Crippen molar-refractivity contribution in [3.05, 3.63) is 0 Å². The van der Waals surface area contributed by atoms with Gasteiger partial charge in [0.25, 0.3) is 0 Å². The summed E-state index contributed by atoms with van der Waals surface area (Å²) in [6.07, 6.45) is 5.35. The molecule has 2 bridgehead atoms. The zero-order valence-corrected chi connectivity index (χ0v) is 8.10. The zero-order valence-electron chi connectivity index (χ0n) is 7.29. The van der Waals surface area contributed by atoms with Gasteiger partial charge in [-0.3, -0.25) is 0 Å². The predicted molar refractivity (Wildman–Crippen MR) is 47.8 cm³/mol. The molecule has 70 valence electrons. The van der Waals surface area contributed by atoms with Crippen LogP contribution in [0, 0.1) is 0 Å². The fraction of sp³-hybridized carbons (Fsp3) is 1.00. The number of sulfone groups is 1. The molecular weight excluding hydrogens is 174 g/mol. The van der Waals surface area contributed by atoms with E-state index in [-0.39, 0.29) is 5.25 Å². The van der Waals surface area contributed by atoms with Gasteiger partial charge in [0.15, 0.2) is 0 Å². The lowest BCUT2D eigenvalue weighted by molar-refractivity contribution is 0.402. The van der Waals surface area contributed by atoms with Crippen LogP contribution < -0.4 is 5.32 Å². The molecule has 0 aromatic carbocycles. The Morgan fingerprint density at radius 3 is 2.08 bits per heavy atom. The molecule has 0 aliphatic carbocycles. The summed E-state index contributed by atoms with van der Waals surface area (Å²) < 4.78 is 22.6. The second-order valence-corrected chi connectivity index (χ2v) is 6.39. The summed E-state index contributed by atoms with van der Waals surface area (Å²) in [5.74, 6) is 0. The van der Waals surface area contributed by atoms with E-state index in [0.717, 1.165) is 25.7 Å². The van der Waals surface area contributed by atoms with Crippen LogP contribution in [0.2, 0.25) is 0 Å². The number of hydrogen-bond donors (Lipinski definition) is 1. The van der Waals surface area contributed by atoms with Gasteiger partial charge < -0.3 is 5.32 Å². The van der Waals surface area contributed by atoms with Gasteiger partial charge in [0.2, 0.25) is 0 Å². The lowest BCUT2D eigenvalue weighted by Gasteiger charge is -2.27. The van der Waals surface area contributed by atoms with Crippen LogP contribution in [0.1, 0.15) is 25.7 Å². The Morgan fingerprint density at radius 1 is 1.17 bits per heavy atom. The maximum absolute atomic E-state index is 11.3. The van der Waals surface area contributed by atoms with Crippen molar-refractivity contribution in [3.63, 3.8) is 0 Å². The summed E-state index contributed by atoms with van der Waals surface area (Å²) in [6, 6.07) is 0.951. The highest BCUT2D eigenvalue weighted by Gasteiger charge is 2.37. The molecule has 2 aliphatic rings. The third-order valence-corrected chi connectivity index (χ3v) is 4.63. The van der Waals surface area contributed by atoms with Gasteiger partial charge in [-0.1, -0.05) is 0 Å². The van der Waals surface area contributed by atoms with E-state index in [1.165, 1.54) is 6.26 Å². The largest absolute Gasteiger partial charge is 0.311 e. The number of nitrogens with one attached hydrogen (secondary N) is 1. The normalized spacial score (nSPS) is 41.6. The molecule has 0 aromatic heterocycles. The van der Waals surface area contributed by atoms with Crippen LogP contribution in [0.25, 0.3) is 0 Å². The highest BCUT2D eigenvalue weighted by Crippen LogP contribution is 2.29. The Hall–Kier alpha value is -0.0900. The van der Waals surface area contributed by atoms with Crippen LogP contribution in [0.5, 0.6) is 0 Å². The summed E-state index contributed by atoms with van der Waals surface area (Å²) in [7, 11) is -2.79. The molecular formula is C8H15NO2S. The van der Waals surface area contributed by atoms with Gasteiger partial charge >= 0.3 is 0 Å². The second kappa shape index (κ2) is 2.70. The van der Waals surface area contributed by atoms with Gasteiger partial charge in [-0.05, 0) is 25.7 Å². The first-order valence-corrected chi connectivity index (χ1v) is 6.46. The van der Waals surface area contributed by atoms with Gasteiger partial charge in [0.05, 0.1) is 5.25 Å². The molecule has 0 radical (unpaired) electrons. The van der Waals surface area contributed by atoms with Crippen LogP contribution >= 0.6 is 0 Å². The molecule has 2 saturated heterocycles. The number of rotatable bonds is 1. The van der Waals surface area contributed by atoms with Crippen molar-refractivity contribution in [2.24, 2.45) is 0 Å². The van der Waals surface area contributed by atoms with E-state index < -0.39 is 9.84 Å². The Labute approximate surface area is 73.5 Å². The summed E-state index contributed by atoms with van der Waals surface area (Å²) >= 11 is 0. The molecule has 3 nitrogen and oxygen atoms in total. The highest BCUT2D eigenvalue weighted by atomic mass is 32.2. The number of fused-ring (bicyclic) bond motifs is 2. The number of hydrogen-bond acceptors (Lipinski definition) is 3. The van der Waals surface area contributed by atoms with Crippen molar-refractivity contribution < 1.29 is 8.42 Å².